The maximum atomic E-state index is 9.61. The molecule has 2 aromatic carbocycles. The Morgan fingerprint density at radius 1 is 0.833 bits per heavy atom. The van der Waals surface area contributed by atoms with Crippen LogP contribution in [0.25, 0.3) is 0 Å². The van der Waals surface area contributed by atoms with Crippen molar-refractivity contribution in [3.05, 3.63) is 71.8 Å². The van der Waals surface area contributed by atoms with Crippen LogP contribution in [0.2, 0.25) is 0 Å². The summed E-state index contributed by atoms with van der Waals surface area (Å²) in [5, 5.41) is 13.2. The van der Waals surface area contributed by atoms with Gasteiger partial charge in [-0.05, 0) is 13.1 Å². The van der Waals surface area contributed by atoms with Gasteiger partial charge in [0.25, 0.3) is 0 Å². The van der Waals surface area contributed by atoms with Crippen LogP contribution in [-0.2, 0) is 0 Å². The van der Waals surface area contributed by atoms with Crippen LogP contribution in [0.3, 0.4) is 0 Å². The van der Waals surface area contributed by atoms with Gasteiger partial charge in [0.1, 0.15) is 5.71 Å². The van der Waals surface area contributed by atoms with E-state index in [-0.39, 0.29) is 0 Å². The minimum atomic E-state index is 0.501. The second kappa shape index (κ2) is 9.63. The lowest BCUT2D eigenvalue weighted by Crippen LogP contribution is -2.27. The highest BCUT2D eigenvalue weighted by Crippen LogP contribution is 2.10. The summed E-state index contributed by atoms with van der Waals surface area (Å²) in [4.78, 5) is 7.09. The Morgan fingerprint density at radius 3 is 1.79 bits per heavy atom. The van der Waals surface area contributed by atoms with Crippen molar-refractivity contribution in [2.75, 3.05) is 26.2 Å². The minimum Gasteiger partial charge on any atom is -0.410 e. The van der Waals surface area contributed by atoms with E-state index in [1.54, 1.807) is 0 Å². The van der Waals surface area contributed by atoms with Crippen LogP contribution in [0.4, 0.5) is 0 Å². The van der Waals surface area contributed by atoms with Crippen molar-refractivity contribution in [3.63, 3.8) is 0 Å². The Labute approximate surface area is 144 Å². The van der Waals surface area contributed by atoms with Crippen molar-refractivity contribution in [2.45, 2.75) is 13.8 Å². The fourth-order valence-electron chi connectivity index (χ4n) is 2.58. The van der Waals surface area contributed by atoms with Gasteiger partial charge >= 0.3 is 0 Å². The maximum absolute atomic E-state index is 9.61. The van der Waals surface area contributed by atoms with Gasteiger partial charge in [0, 0.05) is 17.7 Å². The summed E-state index contributed by atoms with van der Waals surface area (Å²) in [5.41, 5.74) is 3.02. The second-order valence-corrected chi connectivity index (χ2v) is 5.44. The molecule has 0 aliphatic carbocycles. The first-order valence-corrected chi connectivity index (χ1v) is 8.40. The third-order valence-corrected chi connectivity index (χ3v) is 4.00. The second-order valence-electron chi connectivity index (χ2n) is 5.44. The monoisotopic (exact) mass is 323 g/mol. The summed E-state index contributed by atoms with van der Waals surface area (Å²) in [6.07, 6.45) is 0. The van der Waals surface area contributed by atoms with Crippen molar-refractivity contribution in [1.29, 1.82) is 0 Å². The van der Waals surface area contributed by atoms with Crippen LogP contribution in [0.1, 0.15) is 25.0 Å². The fraction of sp³-hybridized carbons (Fsp3) is 0.300. The van der Waals surface area contributed by atoms with E-state index in [1.807, 2.05) is 60.7 Å². The van der Waals surface area contributed by atoms with Crippen molar-refractivity contribution >= 4 is 11.4 Å². The molecule has 0 heterocycles. The molecule has 0 radical (unpaired) electrons. The lowest BCUT2D eigenvalue weighted by Gasteiger charge is -2.17. The van der Waals surface area contributed by atoms with E-state index in [0.717, 1.165) is 36.5 Å². The van der Waals surface area contributed by atoms with E-state index in [9.17, 15) is 5.21 Å². The minimum absolute atomic E-state index is 0.501. The predicted octanol–water partition coefficient (Wildman–Crippen LogP) is 3.70. The summed E-state index contributed by atoms with van der Waals surface area (Å²) in [6, 6.07) is 19.5. The Bertz CT molecular complexity index is 662. The van der Waals surface area contributed by atoms with E-state index >= 15 is 0 Å². The molecule has 4 nitrogen and oxygen atoms in total. The zero-order chi connectivity index (χ0) is 17.2. The third kappa shape index (κ3) is 4.77. The molecule has 0 aliphatic rings. The lowest BCUT2D eigenvalue weighted by atomic mass is 10.00. The molecule has 0 amide bonds. The van der Waals surface area contributed by atoms with Gasteiger partial charge in [-0.15, -0.1) is 0 Å². The van der Waals surface area contributed by atoms with Gasteiger partial charge in [0.05, 0.1) is 12.3 Å². The van der Waals surface area contributed by atoms with Gasteiger partial charge in [-0.3, -0.25) is 4.99 Å². The van der Waals surface area contributed by atoms with Crippen LogP contribution in [0.5, 0.6) is 0 Å². The van der Waals surface area contributed by atoms with Crippen LogP contribution < -0.4 is 0 Å². The normalized spacial score (nSPS) is 12.6. The number of hydrogen-bond acceptors (Lipinski definition) is 4. The number of oxime groups is 1. The van der Waals surface area contributed by atoms with Gasteiger partial charge in [-0.1, -0.05) is 79.7 Å². The standard InChI is InChI=1S/C20H25N3O/c1-3-23(4-2)16-15-21-19(17-11-7-5-8-12-17)20(22-24)18-13-9-6-10-14-18/h5-14,24H,3-4,15-16H2,1-2H3/b21-19?,22-20+. The highest BCUT2D eigenvalue weighted by molar-refractivity contribution is 6.53. The van der Waals surface area contributed by atoms with Gasteiger partial charge in [-0.25, -0.2) is 0 Å². The van der Waals surface area contributed by atoms with Crippen molar-refractivity contribution in [1.82, 2.24) is 4.90 Å². The summed E-state index contributed by atoms with van der Waals surface area (Å²) in [5.74, 6) is 0. The van der Waals surface area contributed by atoms with Crippen LogP contribution in [0.15, 0.2) is 70.8 Å². The quantitative estimate of drug-likeness (QED) is 0.457. The average molecular weight is 323 g/mol. The molecular weight excluding hydrogens is 298 g/mol. The van der Waals surface area contributed by atoms with E-state index in [0.29, 0.717) is 12.3 Å². The molecule has 4 heteroatoms. The lowest BCUT2D eigenvalue weighted by molar-refractivity contribution is 0.313. The average Bonchev–Trinajstić information content (AvgIpc) is 2.66. The van der Waals surface area contributed by atoms with E-state index in [1.165, 1.54) is 0 Å². The van der Waals surface area contributed by atoms with Crippen molar-refractivity contribution in [3.8, 4) is 0 Å². The molecule has 0 saturated heterocycles. The highest BCUT2D eigenvalue weighted by Gasteiger charge is 2.14. The van der Waals surface area contributed by atoms with Crippen molar-refractivity contribution in [2.24, 2.45) is 10.1 Å². The van der Waals surface area contributed by atoms with E-state index < -0.39 is 0 Å². The largest absolute Gasteiger partial charge is 0.410 e. The Kier molecular flexibility index (Phi) is 7.18. The molecule has 126 valence electrons. The third-order valence-electron chi connectivity index (χ3n) is 4.00. The first kappa shape index (κ1) is 17.9. The SMILES string of the molecule is CCN(CC)CCN=C(/C(=N/O)c1ccccc1)c1ccccc1. The molecule has 1 N–H and O–H groups in total. The number of nitrogens with zero attached hydrogens (tertiary/aromatic N) is 3. The summed E-state index contributed by atoms with van der Waals surface area (Å²) >= 11 is 0. The summed E-state index contributed by atoms with van der Waals surface area (Å²) in [7, 11) is 0. The van der Waals surface area contributed by atoms with Gasteiger partial charge in [0.15, 0.2) is 0 Å². The fourth-order valence-corrected chi connectivity index (χ4v) is 2.58. The predicted molar refractivity (Wildman–Crippen MR) is 100 cm³/mol. The molecule has 0 bridgehead atoms. The van der Waals surface area contributed by atoms with Gasteiger partial charge in [0.2, 0.25) is 0 Å². The molecular formula is C20H25N3O. The molecule has 2 rings (SSSR count). The van der Waals surface area contributed by atoms with Crippen LogP contribution in [-0.4, -0.2) is 47.7 Å². The maximum Gasteiger partial charge on any atom is 0.135 e. The molecule has 0 spiro atoms. The number of aliphatic imine (C=N–C) groups is 1. The smallest absolute Gasteiger partial charge is 0.135 e. The Morgan fingerprint density at radius 2 is 1.33 bits per heavy atom. The van der Waals surface area contributed by atoms with Gasteiger partial charge < -0.3 is 10.1 Å². The Hall–Kier alpha value is -2.46. The number of likely N-dealkylation sites (N-methyl/N-ethyl adjacent to an activating group) is 1. The topological polar surface area (TPSA) is 48.2 Å². The number of rotatable bonds is 8. The molecule has 0 atom stereocenters. The zero-order valence-electron chi connectivity index (χ0n) is 14.4. The molecule has 0 unspecified atom stereocenters. The molecule has 0 saturated carbocycles. The number of hydrogen-bond donors (Lipinski definition) is 1. The first-order chi connectivity index (χ1) is 11.8. The van der Waals surface area contributed by atoms with E-state index in [2.05, 4.69) is 23.9 Å². The summed E-state index contributed by atoms with van der Waals surface area (Å²) < 4.78 is 0. The van der Waals surface area contributed by atoms with Gasteiger partial charge in [-0.2, -0.15) is 0 Å². The molecule has 0 aromatic heterocycles. The molecule has 0 fully saturated rings. The summed E-state index contributed by atoms with van der Waals surface area (Å²) in [6.45, 7) is 7.86. The number of benzene rings is 2. The van der Waals surface area contributed by atoms with Crippen molar-refractivity contribution < 1.29 is 5.21 Å². The Balaban J connectivity index is 2.33. The first-order valence-electron chi connectivity index (χ1n) is 8.40. The zero-order valence-corrected chi connectivity index (χ0v) is 14.4. The molecule has 2 aromatic rings. The molecule has 24 heavy (non-hydrogen) atoms. The van der Waals surface area contributed by atoms with Crippen LogP contribution >= 0.6 is 0 Å². The van der Waals surface area contributed by atoms with E-state index in [4.69, 9.17) is 4.99 Å². The highest BCUT2D eigenvalue weighted by atomic mass is 16.4. The van der Waals surface area contributed by atoms with Crippen LogP contribution in [0, 0.1) is 0 Å². The molecule has 0 aliphatic heterocycles.